The van der Waals surface area contributed by atoms with Gasteiger partial charge in [0.25, 0.3) is 0 Å². The molecule has 0 aliphatic heterocycles. The molecule has 0 aliphatic carbocycles. The van der Waals surface area contributed by atoms with Crippen LogP contribution in [0.2, 0.25) is 0 Å². The lowest BCUT2D eigenvalue weighted by molar-refractivity contribution is -0.141. The Morgan fingerprint density at radius 1 is 0.818 bits per heavy atom. The first-order valence-corrected chi connectivity index (χ1v) is 10.8. The maximum Gasteiger partial charge on any atom is 0.327 e. The van der Waals surface area contributed by atoms with E-state index >= 15 is 0 Å². The average molecular weight is 493 g/mol. The first-order valence-electron chi connectivity index (χ1n) is 10.1. The minimum absolute atomic E-state index is 0.114. The molecule has 0 fully saturated rings. The van der Waals surface area contributed by atoms with Crippen LogP contribution in [0.5, 0.6) is 0 Å². The summed E-state index contributed by atoms with van der Waals surface area (Å²) in [5, 5.41) is 24.8. The highest BCUT2D eigenvalue weighted by atomic mass is 32.1. The van der Waals surface area contributed by atoms with Crippen molar-refractivity contribution in [3.05, 3.63) is 0 Å². The monoisotopic (exact) mass is 492 g/mol. The lowest BCUT2D eigenvalue weighted by Gasteiger charge is -2.24. The van der Waals surface area contributed by atoms with Crippen LogP contribution in [0.15, 0.2) is 0 Å². The zero-order valence-corrected chi connectivity index (χ0v) is 18.9. The van der Waals surface area contributed by atoms with Crippen LogP contribution in [0.4, 0.5) is 0 Å². The number of carboxylic acid groups (broad SMARTS) is 2. The molecule has 0 aromatic carbocycles. The Hall–Kier alpha value is -2.91. The van der Waals surface area contributed by atoms with Crippen LogP contribution in [0.1, 0.15) is 38.5 Å². The summed E-state index contributed by atoms with van der Waals surface area (Å²) < 4.78 is 0. The fraction of sp³-hybridized carbons (Fsp3) is 0.667. The first-order chi connectivity index (χ1) is 15.4. The molecular weight excluding hydrogens is 460 g/mol. The number of amides is 4. The molecule has 0 saturated carbocycles. The van der Waals surface area contributed by atoms with E-state index in [1.165, 1.54) is 0 Å². The largest absolute Gasteiger partial charge is 0.481 e. The predicted octanol–water partition coefficient (Wildman–Crippen LogP) is -3.35. The van der Waals surface area contributed by atoms with Gasteiger partial charge in [0.1, 0.15) is 18.1 Å². The normalized spacial score (nSPS) is 14.3. The zero-order chi connectivity index (χ0) is 25.6. The van der Waals surface area contributed by atoms with Gasteiger partial charge in [-0.3, -0.25) is 24.0 Å². The third-order valence-electron chi connectivity index (χ3n) is 4.42. The summed E-state index contributed by atoms with van der Waals surface area (Å²) in [6.45, 7) is 0.329. The van der Waals surface area contributed by atoms with E-state index in [0.717, 1.165) is 0 Å². The van der Waals surface area contributed by atoms with E-state index in [4.69, 9.17) is 27.4 Å². The summed E-state index contributed by atoms with van der Waals surface area (Å²) in [6, 6.07) is -5.28. The maximum atomic E-state index is 12.8. The van der Waals surface area contributed by atoms with Gasteiger partial charge in [0.2, 0.25) is 23.6 Å². The van der Waals surface area contributed by atoms with E-state index in [2.05, 4.69) is 28.6 Å². The molecule has 0 spiro atoms. The molecule has 15 heteroatoms. The minimum Gasteiger partial charge on any atom is -0.481 e. The summed E-state index contributed by atoms with van der Waals surface area (Å²) in [7, 11) is 0. The Balaban J connectivity index is 5.49. The SMILES string of the molecule is NCCCCC(NC(=O)C(CCC(N)=O)NC(=O)C(N)CC(=O)O)C(=O)NC(CS)C(=O)O. The number of thiol groups is 1. The Kier molecular flexibility index (Phi) is 14.4. The second-order valence-corrected chi connectivity index (χ2v) is 7.56. The van der Waals surface area contributed by atoms with Crippen molar-refractivity contribution < 1.29 is 39.0 Å². The summed E-state index contributed by atoms with van der Waals surface area (Å²) in [6.07, 6.45) is -0.158. The molecule has 0 aromatic rings. The van der Waals surface area contributed by atoms with Gasteiger partial charge in [0.15, 0.2) is 0 Å². The fourth-order valence-electron chi connectivity index (χ4n) is 2.61. The van der Waals surface area contributed by atoms with Gasteiger partial charge in [-0.1, -0.05) is 0 Å². The van der Waals surface area contributed by atoms with Crippen LogP contribution in [-0.2, 0) is 28.8 Å². The third-order valence-corrected chi connectivity index (χ3v) is 4.79. The minimum atomic E-state index is -1.46. The fourth-order valence-corrected chi connectivity index (χ4v) is 2.85. The molecule has 14 nitrogen and oxygen atoms in total. The average Bonchev–Trinajstić information content (AvgIpc) is 2.72. The van der Waals surface area contributed by atoms with Gasteiger partial charge in [-0.2, -0.15) is 12.6 Å². The van der Waals surface area contributed by atoms with E-state index in [1.807, 2.05) is 0 Å². The Morgan fingerprint density at radius 3 is 1.79 bits per heavy atom. The van der Waals surface area contributed by atoms with Gasteiger partial charge in [-0.05, 0) is 32.2 Å². The van der Waals surface area contributed by atoms with Crippen molar-refractivity contribution in [2.45, 2.75) is 62.7 Å². The number of carboxylic acids is 2. The number of hydrogen-bond donors (Lipinski definition) is 9. The number of aliphatic carboxylic acids is 2. The molecule has 0 radical (unpaired) electrons. The van der Waals surface area contributed by atoms with Crippen LogP contribution in [-0.4, -0.2) is 82.2 Å². The molecule has 33 heavy (non-hydrogen) atoms. The molecule has 0 saturated heterocycles. The molecule has 4 unspecified atom stereocenters. The van der Waals surface area contributed by atoms with Crippen LogP contribution >= 0.6 is 12.6 Å². The zero-order valence-electron chi connectivity index (χ0n) is 18.0. The van der Waals surface area contributed by atoms with Gasteiger partial charge in [0.05, 0.1) is 12.5 Å². The van der Waals surface area contributed by atoms with Gasteiger partial charge in [-0.25, -0.2) is 4.79 Å². The molecule has 188 valence electrons. The van der Waals surface area contributed by atoms with Crippen molar-refractivity contribution in [3.63, 3.8) is 0 Å². The summed E-state index contributed by atoms with van der Waals surface area (Å²) in [5.41, 5.74) is 16.0. The highest BCUT2D eigenvalue weighted by molar-refractivity contribution is 7.80. The van der Waals surface area contributed by atoms with Gasteiger partial charge >= 0.3 is 11.9 Å². The third kappa shape index (κ3) is 12.6. The molecule has 4 atom stereocenters. The van der Waals surface area contributed by atoms with Crippen molar-refractivity contribution in [2.24, 2.45) is 17.2 Å². The van der Waals surface area contributed by atoms with Crippen molar-refractivity contribution in [2.75, 3.05) is 12.3 Å². The summed E-state index contributed by atoms with van der Waals surface area (Å²) in [5.74, 6) is -6.20. The Morgan fingerprint density at radius 2 is 1.33 bits per heavy atom. The molecule has 0 rings (SSSR count). The quantitative estimate of drug-likeness (QED) is 0.0719. The maximum absolute atomic E-state index is 12.8. The standard InChI is InChI=1S/C18H32N6O8S/c19-6-2-1-3-10(16(29)24-12(8-33)18(31)32)23-17(30)11(4-5-13(21)25)22-15(28)9(20)7-14(26)27/h9-12,33H,1-8,19-20H2,(H2,21,25)(H,22,28)(H,23,30)(H,24,29)(H,26,27)(H,31,32). The van der Waals surface area contributed by atoms with E-state index in [1.54, 1.807) is 0 Å². The van der Waals surface area contributed by atoms with Crippen LogP contribution in [0.3, 0.4) is 0 Å². The number of rotatable bonds is 17. The van der Waals surface area contributed by atoms with Crippen molar-refractivity contribution in [1.82, 2.24) is 16.0 Å². The molecular formula is C18H32N6O8S. The van der Waals surface area contributed by atoms with Crippen LogP contribution in [0.25, 0.3) is 0 Å². The van der Waals surface area contributed by atoms with E-state index in [-0.39, 0.29) is 25.0 Å². The topological polar surface area (TPSA) is 257 Å². The number of carbonyl (C=O) groups excluding carboxylic acids is 4. The molecule has 0 aromatic heterocycles. The molecule has 0 heterocycles. The Labute approximate surface area is 195 Å². The Bertz CT molecular complexity index is 722. The summed E-state index contributed by atoms with van der Waals surface area (Å²) in [4.78, 5) is 70.6. The number of nitrogens with one attached hydrogen (secondary N) is 3. The highest BCUT2D eigenvalue weighted by Crippen LogP contribution is 2.06. The highest BCUT2D eigenvalue weighted by Gasteiger charge is 2.30. The van der Waals surface area contributed by atoms with Gasteiger partial charge in [-0.15, -0.1) is 0 Å². The van der Waals surface area contributed by atoms with Crippen molar-refractivity contribution in [1.29, 1.82) is 0 Å². The summed E-state index contributed by atoms with van der Waals surface area (Å²) >= 11 is 3.87. The van der Waals surface area contributed by atoms with Crippen LogP contribution < -0.4 is 33.2 Å². The second-order valence-electron chi connectivity index (χ2n) is 7.20. The van der Waals surface area contributed by atoms with Gasteiger partial charge < -0.3 is 43.4 Å². The van der Waals surface area contributed by atoms with Gasteiger partial charge in [0, 0.05) is 12.2 Å². The lowest BCUT2D eigenvalue weighted by atomic mass is 10.1. The number of carbonyl (C=O) groups is 6. The van der Waals surface area contributed by atoms with Crippen molar-refractivity contribution >= 4 is 48.2 Å². The number of nitrogens with two attached hydrogens (primary N) is 3. The number of unbranched alkanes of at least 4 members (excludes halogenated alkanes) is 1. The second kappa shape index (κ2) is 15.8. The lowest BCUT2D eigenvalue weighted by Crippen LogP contribution is -2.57. The molecule has 11 N–H and O–H groups in total. The van der Waals surface area contributed by atoms with E-state index in [0.29, 0.717) is 19.4 Å². The number of hydrogen-bond acceptors (Lipinski definition) is 9. The first kappa shape index (κ1) is 30.1. The molecule has 4 amide bonds. The predicted molar refractivity (Wildman–Crippen MR) is 119 cm³/mol. The van der Waals surface area contributed by atoms with E-state index in [9.17, 15) is 28.8 Å². The van der Waals surface area contributed by atoms with Crippen LogP contribution in [0, 0.1) is 0 Å². The van der Waals surface area contributed by atoms with Crippen molar-refractivity contribution in [3.8, 4) is 0 Å². The number of primary amides is 1. The smallest absolute Gasteiger partial charge is 0.327 e. The van der Waals surface area contributed by atoms with E-state index < -0.39 is 66.2 Å². The molecule has 0 bridgehead atoms. The molecule has 0 aliphatic rings.